The number of nitrogens with zero attached hydrogens (tertiary/aromatic N) is 4. The predicted octanol–water partition coefficient (Wildman–Crippen LogP) is 4.08. The third-order valence-electron chi connectivity index (χ3n) is 7.27. The van der Waals surface area contributed by atoms with E-state index in [-0.39, 0.29) is 40.7 Å². The molecule has 3 aromatic rings. The van der Waals surface area contributed by atoms with Crippen molar-refractivity contribution in [3.8, 4) is 0 Å². The van der Waals surface area contributed by atoms with Crippen LogP contribution < -0.4 is 10.6 Å². The van der Waals surface area contributed by atoms with Crippen molar-refractivity contribution in [1.82, 2.24) is 14.0 Å². The lowest BCUT2D eigenvalue weighted by Gasteiger charge is -2.40. The van der Waals surface area contributed by atoms with E-state index in [1.807, 2.05) is 0 Å². The van der Waals surface area contributed by atoms with Crippen molar-refractivity contribution in [2.45, 2.75) is 37.8 Å². The molecular formula is C25H20F6N4O5. The number of rotatable bonds is 4. The number of hydrogen-bond acceptors (Lipinski definition) is 4. The van der Waals surface area contributed by atoms with Gasteiger partial charge in [0.15, 0.2) is 5.92 Å². The number of aryl methyl sites for hydroxylation is 1. The number of imide groups is 1. The minimum Gasteiger partial charge on any atom is -0.481 e. The van der Waals surface area contributed by atoms with Gasteiger partial charge in [0, 0.05) is 19.3 Å². The van der Waals surface area contributed by atoms with Crippen LogP contribution in [0.25, 0.3) is 11.0 Å². The monoisotopic (exact) mass is 570 g/mol. The molecule has 1 aliphatic carbocycles. The Bertz CT molecular complexity index is 1620. The summed E-state index contributed by atoms with van der Waals surface area (Å²) < 4.78 is 81.8. The van der Waals surface area contributed by atoms with E-state index in [9.17, 15) is 50.6 Å². The molecule has 40 heavy (non-hydrogen) atoms. The highest BCUT2D eigenvalue weighted by Gasteiger charge is 2.49. The number of carbonyl (C=O) groups is 3. The average molecular weight is 570 g/mol. The molecule has 2 atom stereocenters. The molecular weight excluding hydrogens is 550 g/mol. The maximum Gasteiger partial charge on any atom is 0.416 e. The number of carboxylic acid groups (broad SMARTS) is 1. The molecule has 0 radical (unpaired) electrons. The van der Waals surface area contributed by atoms with E-state index in [0.717, 1.165) is 27.7 Å². The van der Waals surface area contributed by atoms with Gasteiger partial charge in [0.25, 0.3) is 0 Å². The maximum atomic E-state index is 13.7. The molecule has 0 spiro atoms. The van der Waals surface area contributed by atoms with Crippen molar-refractivity contribution in [2.24, 2.45) is 13.0 Å². The second-order valence-electron chi connectivity index (χ2n) is 9.63. The number of hydrogen-bond donors (Lipinski definition) is 1. The average Bonchev–Trinajstić information content (AvgIpc) is 3.37. The molecule has 2 aromatic carbocycles. The molecule has 1 fully saturated rings. The highest BCUT2D eigenvalue weighted by atomic mass is 19.4. The first-order valence-corrected chi connectivity index (χ1v) is 11.9. The van der Waals surface area contributed by atoms with Gasteiger partial charge in [-0.2, -0.15) is 26.3 Å². The first-order chi connectivity index (χ1) is 18.6. The normalized spacial score (nSPS) is 20.0. The summed E-state index contributed by atoms with van der Waals surface area (Å²) in [5.41, 5.74) is -2.12. The molecule has 2 aliphatic rings. The molecule has 1 saturated heterocycles. The third-order valence-corrected chi connectivity index (χ3v) is 7.27. The molecule has 5 rings (SSSR count). The molecule has 3 amide bonds. The zero-order valence-corrected chi connectivity index (χ0v) is 20.6. The zero-order chi connectivity index (χ0) is 29.3. The zero-order valence-electron chi connectivity index (χ0n) is 20.6. The number of amides is 3. The lowest BCUT2D eigenvalue weighted by molar-refractivity contribution is -0.151. The number of anilines is 1. The van der Waals surface area contributed by atoms with Gasteiger partial charge in [0.1, 0.15) is 6.54 Å². The molecule has 0 saturated carbocycles. The number of imidazole rings is 1. The van der Waals surface area contributed by atoms with Gasteiger partial charge in [0.2, 0.25) is 5.91 Å². The summed E-state index contributed by atoms with van der Waals surface area (Å²) in [6.45, 7) is -2.29. The van der Waals surface area contributed by atoms with E-state index in [1.165, 1.54) is 25.2 Å². The fraction of sp³-hybridized carbons (Fsp3) is 0.360. The maximum absolute atomic E-state index is 13.7. The van der Waals surface area contributed by atoms with Gasteiger partial charge in [-0.1, -0.05) is 12.1 Å². The molecule has 1 aliphatic heterocycles. The van der Waals surface area contributed by atoms with Crippen LogP contribution in [0.1, 0.15) is 29.2 Å². The first kappa shape index (κ1) is 27.3. The van der Waals surface area contributed by atoms with Crippen LogP contribution in [0.15, 0.2) is 41.2 Å². The van der Waals surface area contributed by atoms with Gasteiger partial charge >= 0.3 is 30.0 Å². The summed E-state index contributed by atoms with van der Waals surface area (Å²) in [6, 6.07) is 4.79. The third kappa shape index (κ3) is 4.38. The Morgan fingerprint density at radius 2 is 1.73 bits per heavy atom. The standard InChI is InChI=1S/C25H20F6N4O5/c1-32-18-7-5-12(9-19(18)34(22(32)39)11-24(26,27)28)33-10-15(21(37)38)20(36)35(23(33)40)17-8-6-13-14(17)3-2-4-16(13)25(29,30)31/h2-5,7,9,15,17H,6,8,10-11H2,1H3,(H,37,38)/t15?,17-/m1/s1. The SMILES string of the molecule is Cn1c(=O)n(CC(F)(F)F)c2cc(N3CC(C(=O)O)C(=O)N([C@@H]4CCc5c4cccc5C(F)(F)F)C3=O)ccc21. The number of aromatic nitrogens is 2. The quantitative estimate of drug-likeness (QED) is 0.376. The van der Waals surface area contributed by atoms with Gasteiger partial charge in [0.05, 0.1) is 22.6 Å². The number of aliphatic carboxylic acids is 1. The van der Waals surface area contributed by atoms with Crippen molar-refractivity contribution in [3.63, 3.8) is 0 Å². The molecule has 1 unspecified atom stereocenters. The number of carboxylic acids is 1. The van der Waals surface area contributed by atoms with Crippen LogP contribution >= 0.6 is 0 Å². The molecule has 9 nitrogen and oxygen atoms in total. The van der Waals surface area contributed by atoms with Crippen LogP contribution in [0.2, 0.25) is 0 Å². The smallest absolute Gasteiger partial charge is 0.416 e. The van der Waals surface area contributed by atoms with E-state index in [0.29, 0.717) is 9.47 Å². The number of alkyl halides is 6. The van der Waals surface area contributed by atoms with Crippen molar-refractivity contribution in [3.05, 3.63) is 63.6 Å². The van der Waals surface area contributed by atoms with Gasteiger partial charge < -0.3 is 5.11 Å². The largest absolute Gasteiger partial charge is 0.481 e. The molecule has 15 heteroatoms. The summed E-state index contributed by atoms with van der Waals surface area (Å²) in [4.78, 5) is 52.8. The molecule has 212 valence electrons. The summed E-state index contributed by atoms with van der Waals surface area (Å²) in [7, 11) is 1.26. The van der Waals surface area contributed by atoms with Crippen molar-refractivity contribution >= 4 is 34.6 Å². The molecule has 1 N–H and O–H groups in total. The second-order valence-corrected chi connectivity index (χ2v) is 9.63. The van der Waals surface area contributed by atoms with Gasteiger partial charge in [-0.15, -0.1) is 0 Å². The molecule has 1 aromatic heterocycles. The van der Waals surface area contributed by atoms with Gasteiger partial charge in [-0.05, 0) is 48.2 Å². The minimum atomic E-state index is -4.75. The van der Waals surface area contributed by atoms with Gasteiger partial charge in [-0.25, -0.2) is 9.59 Å². The van der Waals surface area contributed by atoms with E-state index < -0.39 is 66.6 Å². The van der Waals surface area contributed by atoms with E-state index in [2.05, 4.69) is 0 Å². The lowest BCUT2D eigenvalue weighted by Crippen LogP contribution is -2.59. The summed E-state index contributed by atoms with van der Waals surface area (Å²) in [5, 5.41) is 9.74. The van der Waals surface area contributed by atoms with Crippen molar-refractivity contribution in [1.29, 1.82) is 0 Å². The lowest BCUT2D eigenvalue weighted by atomic mass is 9.98. The number of carbonyl (C=O) groups excluding carboxylic acids is 2. The first-order valence-electron chi connectivity index (χ1n) is 11.9. The van der Waals surface area contributed by atoms with Crippen molar-refractivity contribution < 1.29 is 45.8 Å². The summed E-state index contributed by atoms with van der Waals surface area (Å²) in [6.07, 6.45) is -9.64. The van der Waals surface area contributed by atoms with Crippen LogP contribution in [-0.4, -0.2) is 49.8 Å². The highest BCUT2D eigenvalue weighted by molar-refractivity contribution is 6.13. The Hall–Kier alpha value is -4.30. The van der Waals surface area contributed by atoms with Crippen molar-refractivity contribution in [2.75, 3.05) is 11.4 Å². The molecule has 0 bridgehead atoms. The Kier molecular flexibility index (Phi) is 6.23. The van der Waals surface area contributed by atoms with Crippen LogP contribution in [0.3, 0.4) is 0 Å². The minimum absolute atomic E-state index is 0.0556. The Morgan fingerprint density at radius 3 is 2.35 bits per heavy atom. The Labute approximate surface area is 220 Å². The van der Waals surface area contributed by atoms with Crippen LogP contribution in [0.4, 0.5) is 36.8 Å². The number of benzene rings is 2. The Morgan fingerprint density at radius 1 is 1.02 bits per heavy atom. The van der Waals surface area contributed by atoms with E-state index in [4.69, 9.17) is 0 Å². The Balaban J connectivity index is 1.60. The van der Waals surface area contributed by atoms with Crippen LogP contribution in [-0.2, 0) is 35.8 Å². The van der Waals surface area contributed by atoms with E-state index in [1.54, 1.807) is 0 Å². The van der Waals surface area contributed by atoms with Gasteiger partial charge in [-0.3, -0.25) is 28.5 Å². The molecule has 2 heterocycles. The fourth-order valence-electron chi connectivity index (χ4n) is 5.48. The fourth-order valence-corrected chi connectivity index (χ4v) is 5.48. The van der Waals surface area contributed by atoms with Crippen LogP contribution in [0, 0.1) is 5.92 Å². The number of urea groups is 1. The second kappa shape index (κ2) is 9.13. The summed E-state index contributed by atoms with van der Waals surface area (Å²) >= 11 is 0. The van der Waals surface area contributed by atoms with E-state index >= 15 is 0 Å². The number of halogens is 6. The number of fused-ring (bicyclic) bond motifs is 2. The highest BCUT2D eigenvalue weighted by Crippen LogP contribution is 2.44. The predicted molar refractivity (Wildman–Crippen MR) is 126 cm³/mol. The van der Waals surface area contributed by atoms with Crippen LogP contribution in [0.5, 0.6) is 0 Å². The summed E-state index contributed by atoms with van der Waals surface area (Å²) in [5.74, 6) is -4.50. The topological polar surface area (TPSA) is 105 Å².